The Morgan fingerprint density at radius 1 is 1.22 bits per heavy atom. The Kier molecular flexibility index (Phi) is 4.71. The van der Waals surface area contributed by atoms with Crippen molar-refractivity contribution in [2.24, 2.45) is 0 Å². The lowest BCUT2D eigenvalue weighted by Crippen LogP contribution is -2.32. The lowest BCUT2D eigenvalue weighted by molar-refractivity contribution is -0.141. The van der Waals surface area contributed by atoms with Gasteiger partial charge in [-0.05, 0) is 18.2 Å². The van der Waals surface area contributed by atoms with Gasteiger partial charge in [0.2, 0.25) is 0 Å². The van der Waals surface area contributed by atoms with E-state index in [-0.39, 0.29) is 12.5 Å². The molecule has 0 bridgehead atoms. The quantitative estimate of drug-likeness (QED) is 0.748. The molecule has 0 radical (unpaired) electrons. The first-order chi connectivity index (χ1) is 8.45. The van der Waals surface area contributed by atoms with E-state index in [0.717, 1.165) is 5.69 Å². The number of methoxy groups -OCH3 is 1. The summed E-state index contributed by atoms with van der Waals surface area (Å²) in [5.41, 5.74) is 1.49. The molecule has 0 spiro atoms. The van der Waals surface area contributed by atoms with Crippen molar-refractivity contribution in [3.05, 3.63) is 29.8 Å². The molecule has 5 nitrogen and oxygen atoms in total. The Balaban J connectivity index is 2.83. The lowest BCUT2D eigenvalue weighted by Gasteiger charge is -2.17. The van der Waals surface area contributed by atoms with E-state index in [1.54, 1.807) is 19.2 Å². The van der Waals surface area contributed by atoms with Gasteiger partial charge in [0, 0.05) is 32.4 Å². The van der Waals surface area contributed by atoms with Gasteiger partial charge >= 0.3 is 5.97 Å². The zero-order chi connectivity index (χ0) is 13.7. The highest BCUT2D eigenvalue weighted by atomic mass is 16.5. The van der Waals surface area contributed by atoms with Crippen LogP contribution in [0.5, 0.6) is 0 Å². The number of nitrogens with zero attached hydrogens (tertiary/aromatic N) is 2. The van der Waals surface area contributed by atoms with Gasteiger partial charge in [0.15, 0.2) is 0 Å². The van der Waals surface area contributed by atoms with Crippen LogP contribution in [0.2, 0.25) is 0 Å². The first-order valence-electron chi connectivity index (χ1n) is 5.55. The maximum Gasteiger partial charge on any atom is 0.325 e. The van der Waals surface area contributed by atoms with E-state index in [4.69, 9.17) is 0 Å². The van der Waals surface area contributed by atoms with Crippen LogP contribution in [0.15, 0.2) is 24.3 Å². The summed E-state index contributed by atoms with van der Waals surface area (Å²) in [6, 6.07) is 7.24. The molecule has 0 N–H and O–H groups in total. The molecule has 0 saturated heterocycles. The molecule has 0 aliphatic rings. The van der Waals surface area contributed by atoms with Crippen LogP contribution in [0, 0.1) is 0 Å². The number of esters is 1. The van der Waals surface area contributed by atoms with Crippen molar-refractivity contribution in [3.8, 4) is 0 Å². The molecule has 0 aliphatic heterocycles. The zero-order valence-corrected chi connectivity index (χ0v) is 11.1. The fraction of sp³-hybridized carbons (Fsp3) is 0.385. The van der Waals surface area contributed by atoms with Crippen molar-refractivity contribution in [1.82, 2.24) is 4.90 Å². The molecule has 1 aromatic carbocycles. The molecular weight excluding hydrogens is 232 g/mol. The molecule has 1 aromatic rings. The summed E-state index contributed by atoms with van der Waals surface area (Å²) in [5, 5.41) is 0. The van der Waals surface area contributed by atoms with Crippen LogP contribution in [0.1, 0.15) is 10.4 Å². The molecular formula is C13H18N2O3. The van der Waals surface area contributed by atoms with E-state index in [2.05, 4.69) is 4.74 Å². The third-order valence-electron chi connectivity index (χ3n) is 2.55. The number of carbonyl (C=O) groups excluding carboxylic acids is 2. The lowest BCUT2D eigenvalue weighted by atomic mass is 10.1. The minimum absolute atomic E-state index is 0.0540. The number of rotatable bonds is 4. The van der Waals surface area contributed by atoms with Crippen LogP contribution >= 0.6 is 0 Å². The number of hydrogen-bond donors (Lipinski definition) is 0. The first kappa shape index (κ1) is 14.0. The van der Waals surface area contributed by atoms with E-state index in [9.17, 15) is 9.59 Å². The second-order valence-corrected chi connectivity index (χ2v) is 4.18. The van der Waals surface area contributed by atoms with Crippen LogP contribution in [-0.4, -0.2) is 51.6 Å². The van der Waals surface area contributed by atoms with Gasteiger partial charge < -0.3 is 14.5 Å². The second kappa shape index (κ2) is 6.05. The summed E-state index contributed by atoms with van der Waals surface area (Å²) in [5.74, 6) is -0.640. The number of anilines is 1. The second-order valence-electron chi connectivity index (χ2n) is 4.18. The smallest absolute Gasteiger partial charge is 0.325 e. The normalized spacial score (nSPS) is 9.78. The predicted octanol–water partition coefficient (Wildman–Crippen LogP) is 0.998. The molecule has 0 atom stereocenters. The zero-order valence-electron chi connectivity index (χ0n) is 11.1. The Morgan fingerprint density at radius 2 is 1.89 bits per heavy atom. The molecule has 1 rings (SSSR count). The minimum atomic E-state index is -0.436. The highest BCUT2D eigenvalue weighted by molar-refractivity contribution is 5.96. The standard InChI is InChI=1S/C13H18N2O3/c1-14(2)11-7-5-6-10(8-11)13(17)15(3)9-12(16)18-4/h5-8H,9H2,1-4H3. The van der Waals surface area contributed by atoms with E-state index < -0.39 is 5.97 Å². The SMILES string of the molecule is COC(=O)CN(C)C(=O)c1cccc(N(C)C)c1. The molecule has 0 fully saturated rings. The monoisotopic (exact) mass is 250 g/mol. The van der Waals surface area contributed by atoms with Gasteiger partial charge in [-0.15, -0.1) is 0 Å². The Hall–Kier alpha value is -2.04. The van der Waals surface area contributed by atoms with Crippen LogP contribution in [0.25, 0.3) is 0 Å². The molecule has 0 heterocycles. The first-order valence-corrected chi connectivity index (χ1v) is 5.55. The van der Waals surface area contributed by atoms with Crippen LogP contribution in [0.4, 0.5) is 5.69 Å². The van der Waals surface area contributed by atoms with E-state index in [1.807, 2.05) is 31.1 Å². The van der Waals surface area contributed by atoms with Crippen molar-refractivity contribution in [2.75, 3.05) is 39.7 Å². The largest absolute Gasteiger partial charge is 0.468 e. The van der Waals surface area contributed by atoms with Gasteiger partial charge in [0.1, 0.15) is 6.54 Å². The number of hydrogen-bond acceptors (Lipinski definition) is 4. The molecule has 0 unspecified atom stereocenters. The Bertz CT molecular complexity index is 444. The van der Waals surface area contributed by atoms with Gasteiger partial charge in [-0.25, -0.2) is 0 Å². The Labute approximate surface area is 107 Å². The van der Waals surface area contributed by atoms with Crippen molar-refractivity contribution in [1.29, 1.82) is 0 Å². The summed E-state index contributed by atoms with van der Waals surface area (Å²) in [6.07, 6.45) is 0. The van der Waals surface area contributed by atoms with Crippen molar-refractivity contribution < 1.29 is 14.3 Å². The summed E-state index contributed by atoms with van der Waals surface area (Å²) in [6.45, 7) is -0.0540. The van der Waals surface area contributed by atoms with Gasteiger partial charge in [0.05, 0.1) is 7.11 Å². The number of benzene rings is 1. The maximum absolute atomic E-state index is 12.1. The minimum Gasteiger partial charge on any atom is -0.468 e. The molecule has 5 heteroatoms. The highest BCUT2D eigenvalue weighted by Gasteiger charge is 2.15. The summed E-state index contributed by atoms with van der Waals surface area (Å²) in [7, 11) is 6.68. The molecule has 18 heavy (non-hydrogen) atoms. The van der Waals surface area contributed by atoms with Gasteiger partial charge in [-0.2, -0.15) is 0 Å². The molecule has 98 valence electrons. The topological polar surface area (TPSA) is 49.9 Å². The van der Waals surface area contributed by atoms with Crippen LogP contribution in [-0.2, 0) is 9.53 Å². The van der Waals surface area contributed by atoms with Crippen molar-refractivity contribution in [2.45, 2.75) is 0 Å². The average molecular weight is 250 g/mol. The van der Waals surface area contributed by atoms with E-state index in [0.29, 0.717) is 5.56 Å². The number of ether oxygens (including phenoxy) is 1. The molecule has 0 aliphatic carbocycles. The van der Waals surface area contributed by atoms with Gasteiger partial charge in [-0.3, -0.25) is 9.59 Å². The fourth-order valence-electron chi connectivity index (χ4n) is 1.47. The fourth-order valence-corrected chi connectivity index (χ4v) is 1.47. The van der Waals surface area contributed by atoms with Crippen molar-refractivity contribution >= 4 is 17.6 Å². The van der Waals surface area contributed by atoms with Crippen LogP contribution < -0.4 is 4.90 Å². The highest BCUT2D eigenvalue weighted by Crippen LogP contribution is 2.14. The van der Waals surface area contributed by atoms with Gasteiger partial charge in [-0.1, -0.05) is 6.07 Å². The Morgan fingerprint density at radius 3 is 2.44 bits per heavy atom. The van der Waals surface area contributed by atoms with Gasteiger partial charge in [0.25, 0.3) is 5.91 Å². The number of carbonyl (C=O) groups is 2. The average Bonchev–Trinajstić information content (AvgIpc) is 2.37. The predicted molar refractivity (Wildman–Crippen MR) is 69.7 cm³/mol. The summed E-state index contributed by atoms with van der Waals surface area (Å²) < 4.78 is 4.53. The molecule has 0 aromatic heterocycles. The van der Waals surface area contributed by atoms with Crippen molar-refractivity contribution in [3.63, 3.8) is 0 Å². The van der Waals surface area contributed by atoms with E-state index >= 15 is 0 Å². The molecule has 1 amide bonds. The summed E-state index contributed by atoms with van der Waals surface area (Å²) >= 11 is 0. The third-order valence-corrected chi connectivity index (χ3v) is 2.55. The maximum atomic E-state index is 12.1. The number of likely N-dealkylation sites (N-methyl/N-ethyl adjacent to an activating group) is 1. The third kappa shape index (κ3) is 3.48. The van der Waals surface area contributed by atoms with Crippen LogP contribution in [0.3, 0.4) is 0 Å². The van der Waals surface area contributed by atoms with E-state index in [1.165, 1.54) is 12.0 Å². The molecule has 0 saturated carbocycles. The summed E-state index contributed by atoms with van der Waals surface area (Å²) in [4.78, 5) is 26.4. The number of amides is 1.